The van der Waals surface area contributed by atoms with Crippen molar-refractivity contribution in [2.24, 2.45) is 23.3 Å². The number of nitrogens with two attached hydrogens (primary N) is 2. The molecule has 3 heterocycles. The Morgan fingerprint density at radius 2 is 2.00 bits per heavy atom. The second-order valence-corrected chi connectivity index (χ2v) is 10.9. The number of nitrogens with zero attached hydrogens (tertiary/aromatic N) is 2. The third-order valence-electron chi connectivity index (χ3n) is 7.65. The van der Waals surface area contributed by atoms with E-state index in [4.69, 9.17) is 11.5 Å². The van der Waals surface area contributed by atoms with Crippen LogP contribution in [0.5, 0.6) is 0 Å². The maximum Gasteiger partial charge on any atom is 0.353 e. The maximum atomic E-state index is 12.5. The number of likely N-dealkylation sites (tertiary alicyclic amines) is 1. The van der Waals surface area contributed by atoms with Gasteiger partial charge in [0.05, 0.1) is 18.1 Å². The number of carboxylic acid groups (broad SMARTS) is 1. The van der Waals surface area contributed by atoms with Crippen LogP contribution in [0.15, 0.2) is 10.6 Å². The van der Waals surface area contributed by atoms with Gasteiger partial charge < -0.3 is 26.6 Å². The number of carbonyl (C=O) groups is 2. The summed E-state index contributed by atoms with van der Waals surface area (Å²) in [6.45, 7) is 6.06. The molecule has 9 heteroatoms. The average Bonchev–Trinajstić information content (AvgIpc) is 3.25. The number of hydrogen-bond donors (Lipinski definition) is 4. The highest BCUT2D eigenvalue weighted by Crippen LogP contribution is 2.52. The SMILES string of the molecule is C[C@@H](O)[C@H]1C(=O)N2C(C(=O)O)=C(SC3CCN(C4CCC(N)(CN)CC4)C3)[C@H](C)[C@H]12. The molecular formula is C21H34N4O4S. The largest absolute Gasteiger partial charge is 0.477 e. The van der Waals surface area contributed by atoms with Crippen LogP contribution in [0.1, 0.15) is 46.0 Å². The van der Waals surface area contributed by atoms with Crippen LogP contribution in [0.25, 0.3) is 0 Å². The number of aliphatic hydroxyl groups is 1. The Hall–Kier alpha value is -1.13. The first-order valence-electron chi connectivity index (χ1n) is 11.0. The summed E-state index contributed by atoms with van der Waals surface area (Å²) in [5.74, 6) is -1.89. The molecule has 4 aliphatic rings. The topological polar surface area (TPSA) is 133 Å². The minimum atomic E-state index is -1.05. The molecule has 1 aliphatic carbocycles. The highest BCUT2D eigenvalue weighted by atomic mass is 32.2. The maximum absolute atomic E-state index is 12.5. The number of thioether (sulfide) groups is 1. The van der Waals surface area contributed by atoms with E-state index < -0.39 is 18.0 Å². The number of rotatable bonds is 6. The van der Waals surface area contributed by atoms with E-state index >= 15 is 0 Å². The zero-order valence-electron chi connectivity index (χ0n) is 17.8. The first kappa shape index (κ1) is 22.1. The minimum absolute atomic E-state index is 0.0652. The third-order valence-corrected chi connectivity index (χ3v) is 9.19. The van der Waals surface area contributed by atoms with Crippen molar-refractivity contribution in [2.75, 3.05) is 19.6 Å². The summed E-state index contributed by atoms with van der Waals surface area (Å²) in [7, 11) is 0. The molecule has 6 N–H and O–H groups in total. The van der Waals surface area contributed by atoms with Crippen LogP contribution < -0.4 is 11.5 Å². The van der Waals surface area contributed by atoms with E-state index in [0.717, 1.165) is 50.1 Å². The van der Waals surface area contributed by atoms with Gasteiger partial charge >= 0.3 is 5.97 Å². The van der Waals surface area contributed by atoms with Crippen LogP contribution in [0.4, 0.5) is 0 Å². The van der Waals surface area contributed by atoms with E-state index in [1.54, 1.807) is 18.7 Å². The fourth-order valence-corrected chi connectivity index (χ4v) is 7.29. The Kier molecular flexibility index (Phi) is 5.95. The molecule has 3 fully saturated rings. The normalized spacial score (nSPS) is 40.5. The van der Waals surface area contributed by atoms with Crippen LogP contribution in [0, 0.1) is 11.8 Å². The van der Waals surface area contributed by atoms with Crippen molar-refractivity contribution in [3.8, 4) is 0 Å². The van der Waals surface area contributed by atoms with Gasteiger partial charge in [-0.15, -0.1) is 11.8 Å². The predicted molar refractivity (Wildman–Crippen MR) is 115 cm³/mol. The van der Waals surface area contributed by atoms with Crippen LogP contribution in [-0.2, 0) is 9.59 Å². The molecule has 0 spiro atoms. The van der Waals surface area contributed by atoms with Gasteiger partial charge in [0.2, 0.25) is 5.91 Å². The van der Waals surface area contributed by atoms with E-state index in [-0.39, 0.29) is 29.1 Å². The van der Waals surface area contributed by atoms with E-state index in [1.807, 2.05) is 6.92 Å². The predicted octanol–water partition coefficient (Wildman–Crippen LogP) is 0.546. The lowest BCUT2D eigenvalue weighted by atomic mass is 9.79. The number of fused-ring (bicyclic) bond motifs is 1. The molecule has 168 valence electrons. The van der Waals surface area contributed by atoms with Crippen molar-refractivity contribution in [1.82, 2.24) is 9.80 Å². The average molecular weight is 439 g/mol. The molecule has 2 saturated heterocycles. The van der Waals surface area contributed by atoms with E-state index in [9.17, 15) is 19.8 Å². The van der Waals surface area contributed by atoms with Crippen LogP contribution in [0.3, 0.4) is 0 Å². The lowest BCUT2D eigenvalue weighted by Gasteiger charge is -2.46. The minimum Gasteiger partial charge on any atom is -0.477 e. The molecule has 1 unspecified atom stereocenters. The Morgan fingerprint density at radius 1 is 1.33 bits per heavy atom. The number of carbonyl (C=O) groups excluding carboxylic acids is 1. The van der Waals surface area contributed by atoms with Crippen LogP contribution >= 0.6 is 11.8 Å². The number of aliphatic carboxylic acids is 1. The Bertz CT molecular complexity index is 749. The van der Waals surface area contributed by atoms with Gasteiger partial charge in [0.25, 0.3) is 0 Å². The molecule has 1 saturated carbocycles. The van der Waals surface area contributed by atoms with Gasteiger partial charge in [-0.1, -0.05) is 6.92 Å². The molecule has 8 nitrogen and oxygen atoms in total. The summed E-state index contributed by atoms with van der Waals surface area (Å²) in [5.41, 5.74) is 12.1. The lowest BCUT2D eigenvalue weighted by Crippen LogP contribution is -2.63. The number of aliphatic hydroxyl groups excluding tert-OH is 1. The van der Waals surface area contributed by atoms with Gasteiger partial charge in [0.1, 0.15) is 5.70 Å². The van der Waals surface area contributed by atoms with Gasteiger partial charge in [-0.3, -0.25) is 9.69 Å². The number of hydrogen-bond acceptors (Lipinski definition) is 7. The molecule has 3 aliphatic heterocycles. The van der Waals surface area contributed by atoms with E-state index in [2.05, 4.69) is 4.90 Å². The molecule has 0 aromatic carbocycles. The molecular weight excluding hydrogens is 404 g/mol. The van der Waals surface area contributed by atoms with Gasteiger partial charge in [-0.2, -0.15) is 0 Å². The smallest absolute Gasteiger partial charge is 0.353 e. The number of amides is 1. The Balaban J connectivity index is 1.42. The van der Waals surface area contributed by atoms with Crippen LogP contribution in [-0.4, -0.2) is 80.5 Å². The van der Waals surface area contributed by atoms with Crippen molar-refractivity contribution in [1.29, 1.82) is 0 Å². The van der Waals surface area contributed by atoms with Gasteiger partial charge in [-0.05, 0) is 45.6 Å². The van der Waals surface area contributed by atoms with Crippen LogP contribution in [0.2, 0.25) is 0 Å². The summed E-state index contributed by atoms with van der Waals surface area (Å²) < 4.78 is 0. The zero-order valence-corrected chi connectivity index (χ0v) is 18.6. The Labute approximate surface area is 182 Å². The van der Waals surface area contributed by atoms with Gasteiger partial charge in [0, 0.05) is 40.7 Å². The second kappa shape index (κ2) is 8.09. The molecule has 1 amide bonds. The molecule has 0 bridgehead atoms. The zero-order chi connectivity index (χ0) is 21.8. The monoisotopic (exact) mass is 438 g/mol. The van der Waals surface area contributed by atoms with E-state index in [0.29, 0.717) is 17.8 Å². The van der Waals surface area contributed by atoms with Crippen molar-refractivity contribution in [3.05, 3.63) is 10.6 Å². The Morgan fingerprint density at radius 3 is 2.57 bits per heavy atom. The number of β-lactam (4-membered cyclic amide) rings is 1. The molecule has 5 atom stereocenters. The molecule has 0 aromatic rings. The molecule has 0 aromatic heterocycles. The lowest BCUT2D eigenvalue weighted by molar-refractivity contribution is -0.163. The highest BCUT2D eigenvalue weighted by molar-refractivity contribution is 8.03. The van der Waals surface area contributed by atoms with Crippen molar-refractivity contribution >= 4 is 23.6 Å². The van der Waals surface area contributed by atoms with E-state index in [1.165, 1.54) is 4.90 Å². The first-order chi connectivity index (χ1) is 14.2. The second-order valence-electron chi connectivity index (χ2n) is 9.59. The fourth-order valence-electron chi connectivity index (χ4n) is 5.79. The third kappa shape index (κ3) is 3.58. The highest BCUT2D eigenvalue weighted by Gasteiger charge is 2.60. The molecule has 4 rings (SSSR count). The standard InChI is InChI=1S/C21H34N4O4S/c1-11-16-15(12(2)26)19(27)25(16)17(20(28)29)18(11)30-14-5-8-24(9-14)13-3-6-21(23,10-22)7-4-13/h11-16,26H,3-10,22-23H2,1-2H3,(H,28,29)/t11-,12-,13?,14?,15-,16-,21?/m1/s1. The fraction of sp³-hybridized carbons (Fsp3) is 0.810. The first-order valence-corrected chi connectivity index (χ1v) is 11.9. The quantitative estimate of drug-likeness (QED) is 0.442. The summed E-state index contributed by atoms with van der Waals surface area (Å²) in [6, 6.07) is 0.282. The summed E-state index contributed by atoms with van der Waals surface area (Å²) in [6.07, 6.45) is 4.27. The summed E-state index contributed by atoms with van der Waals surface area (Å²) >= 11 is 1.63. The summed E-state index contributed by atoms with van der Waals surface area (Å²) in [4.78, 5) is 29.2. The van der Waals surface area contributed by atoms with Crippen molar-refractivity contribution < 1.29 is 19.8 Å². The van der Waals surface area contributed by atoms with Gasteiger partial charge in [0.15, 0.2) is 0 Å². The summed E-state index contributed by atoms with van der Waals surface area (Å²) in [5, 5.41) is 20.1. The van der Waals surface area contributed by atoms with Crippen molar-refractivity contribution in [2.45, 2.75) is 74.9 Å². The molecule has 30 heavy (non-hydrogen) atoms. The molecule has 0 radical (unpaired) electrons. The van der Waals surface area contributed by atoms with Gasteiger partial charge in [-0.25, -0.2) is 4.79 Å². The van der Waals surface area contributed by atoms with Crippen molar-refractivity contribution in [3.63, 3.8) is 0 Å². The number of carboxylic acids is 1.